The van der Waals surface area contributed by atoms with Crippen molar-refractivity contribution in [3.63, 3.8) is 0 Å². The summed E-state index contributed by atoms with van der Waals surface area (Å²) in [6, 6.07) is 4.17. The number of hydrogen-bond donors (Lipinski definition) is 1. The molecular formula is C20H23N3O5. The Hall–Kier alpha value is -2.71. The molecule has 0 spiro atoms. The van der Waals surface area contributed by atoms with Gasteiger partial charge in [-0.15, -0.1) is 0 Å². The molecule has 1 aromatic rings. The fourth-order valence-corrected chi connectivity index (χ4v) is 3.79. The van der Waals surface area contributed by atoms with Crippen molar-refractivity contribution in [2.24, 2.45) is 0 Å². The molecule has 3 heterocycles. The van der Waals surface area contributed by atoms with Crippen molar-refractivity contribution in [3.05, 3.63) is 41.6 Å². The predicted molar refractivity (Wildman–Crippen MR) is 100 cm³/mol. The Labute approximate surface area is 163 Å². The molecule has 8 heteroatoms. The van der Waals surface area contributed by atoms with Gasteiger partial charge in [0, 0.05) is 25.3 Å². The number of imide groups is 1. The van der Waals surface area contributed by atoms with Crippen LogP contribution in [0.15, 0.2) is 30.5 Å². The van der Waals surface area contributed by atoms with E-state index in [2.05, 4.69) is 16.8 Å². The lowest BCUT2D eigenvalue weighted by Gasteiger charge is -2.29. The molecule has 3 aliphatic heterocycles. The van der Waals surface area contributed by atoms with Gasteiger partial charge in [0.15, 0.2) is 0 Å². The second kappa shape index (κ2) is 7.73. The molecule has 0 aliphatic carbocycles. The number of carbonyl (C=O) groups is 3. The van der Waals surface area contributed by atoms with Crippen LogP contribution in [0.5, 0.6) is 5.75 Å². The van der Waals surface area contributed by atoms with Crippen molar-refractivity contribution in [1.82, 2.24) is 15.1 Å². The number of hydrogen-bond acceptors (Lipinski definition) is 6. The van der Waals surface area contributed by atoms with Crippen LogP contribution in [0.25, 0.3) is 0 Å². The number of nitrogens with zero attached hydrogens (tertiary/aromatic N) is 2. The Balaban J connectivity index is 1.49. The van der Waals surface area contributed by atoms with Crippen molar-refractivity contribution in [1.29, 1.82) is 0 Å². The molecule has 1 unspecified atom stereocenters. The molecular weight excluding hydrogens is 362 g/mol. The molecule has 3 aliphatic rings. The lowest BCUT2D eigenvalue weighted by atomic mass is 10.0. The number of allylic oxidation sites excluding steroid dienone is 1. The van der Waals surface area contributed by atoms with Crippen LogP contribution in [0.3, 0.4) is 0 Å². The Bertz CT molecular complexity index is 831. The van der Waals surface area contributed by atoms with Gasteiger partial charge in [0.25, 0.3) is 11.8 Å². The smallest absolute Gasteiger partial charge is 0.266 e. The molecule has 0 bridgehead atoms. The maximum atomic E-state index is 13.0. The minimum Gasteiger partial charge on any atom is -0.491 e. The summed E-state index contributed by atoms with van der Waals surface area (Å²) >= 11 is 0. The molecule has 2 fully saturated rings. The van der Waals surface area contributed by atoms with Crippen LogP contribution in [0, 0.1) is 0 Å². The summed E-state index contributed by atoms with van der Waals surface area (Å²) in [6.07, 6.45) is 0.913. The Morgan fingerprint density at radius 3 is 2.71 bits per heavy atom. The number of benzene rings is 1. The first-order valence-electron chi connectivity index (χ1n) is 9.48. The van der Waals surface area contributed by atoms with Crippen molar-refractivity contribution >= 4 is 17.7 Å². The van der Waals surface area contributed by atoms with E-state index >= 15 is 0 Å². The van der Waals surface area contributed by atoms with Crippen molar-refractivity contribution in [2.45, 2.75) is 18.9 Å². The van der Waals surface area contributed by atoms with Crippen LogP contribution >= 0.6 is 0 Å². The van der Waals surface area contributed by atoms with Gasteiger partial charge in [0.2, 0.25) is 5.91 Å². The minimum atomic E-state index is -0.820. The van der Waals surface area contributed by atoms with Crippen LogP contribution < -0.4 is 10.1 Å². The van der Waals surface area contributed by atoms with Crippen LogP contribution in [0.1, 0.15) is 33.6 Å². The van der Waals surface area contributed by atoms with Gasteiger partial charge < -0.3 is 14.8 Å². The highest BCUT2D eigenvalue weighted by Crippen LogP contribution is 2.34. The first-order valence-corrected chi connectivity index (χ1v) is 9.48. The van der Waals surface area contributed by atoms with Gasteiger partial charge in [-0.3, -0.25) is 24.2 Å². The average molecular weight is 385 g/mol. The lowest BCUT2D eigenvalue weighted by molar-refractivity contribution is -0.125. The molecule has 0 aromatic heterocycles. The highest BCUT2D eigenvalue weighted by atomic mass is 16.5. The van der Waals surface area contributed by atoms with Gasteiger partial charge >= 0.3 is 0 Å². The zero-order valence-electron chi connectivity index (χ0n) is 15.6. The van der Waals surface area contributed by atoms with E-state index in [4.69, 9.17) is 9.47 Å². The van der Waals surface area contributed by atoms with E-state index in [9.17, 15) is 14.4 Å². The second-order valence-corrected chi connectivity index (χ2v) is 7.11. The van der Waals surface area contributed by atoms with Gasteiger partial charge in [-0.2, -0.15) is 0 Å². The van der Waals surface area contributed by atoms with E-state index < -0.39 is 17.9 Å². The summed E-state index contributed by atoms with van der Waals surface area (Å²) in [4.78, 5) is 41.4. The Morgan fingerprint density at radius 2 is 1.96 bits per heavy atom. The summed E-state index contributed by atoms with van der Waals surface area (Å²) in [7, 11) is 0. The molecule has 28 heavy (non-hydrogen) atoms. The third-order valence-electron chi connectivity index (χ3n) is 5.31. The lowest BCUT2D eigenvalue weighted by Crippen LogP contribution is -2.51. The van der Waals surface area contributed by atoms with Crippen molar-refractivity contribution in [3.8, 4) is 5.75 Å². The molecule has 148 valence electrons. The third-order valence-corrected chi connectivity index (χ3v) is 5.31. The van der Waals surface area contributed by atoms with Crippen LogP contribution in [-0.2, 0) is 9.53 Å². The summed E-state index contributed by atoms with van der Waals surface area (Å²) in [6.45, 7) is 7.97. The molecule has 8 nitrogen and oxygen atoms in total. The number of fused-ring (bicyclic) bond motifs is 1. The van der Waals surface area contributed by atoms with Crippen molar-refractivity contribution in [2.75, 3.05) is 39.5 Å². The number of nitrogens with one attached hydrogen (secondary N) is 1. The summed E-state index contributed by atoms with van der Waals surface area (Å²) in [5.74, 6) is -0.922. The number of piperidine rings is 1. The maximum Gasteiger partial charge on any atom is 0.266 e. The van der Waals surface area contributed by atoms with Gasteiger partial charge in [-0.1, -0.05) is 12.6 Å². The fourth-order valence-electron chi connectivity index (χ4n) is 3.79. The molecule has 1 aromatic carbocycles. The first kappa shape index (κ1) is 18.6. The topological polar surface area (TPSA) is 88.2 Å². The zero-order valence-corrected chi connectivity index (χ0v) is 15.6. The predicted octanol–water partition coefficient (Wildman–Crippen LogP) is 0.786. The van der Waals surface area contributed by atoms with E-state index in [0.717, 1.165) is 18.0 Å². The standard InChI is InChI=1S/C20H23N3O5/c1-13-5-6-15(18(24)21-13)23-19(25)14-3-2-4-16(17(14)20(23)26)28-12-9-22-7-10-27-11-8-22/h2-4,15H,1,5-12H2,(H,21,24). The maximum absolute atomic E-state index is 13.0. The SMILES string of the molecule is C=C1CCC(N2C(=O)c3cccc(OCCN4CCOCC4)c3C2=O)C(=O)N1. The zero-order chi connectivity index (χ0) is 19.7. The van der Waals surface area contributed by atoms with Crippen LogP contribution in [0.4, 0.5) is 0 Å². The van der Waals surface area contributed by atoms with E-state index in [1.54, 1.807) is 18.2 Å². The first-order chi connectivity index (χ1) is 13.6. The highest BCUT2D eigenvalue weighted by molar-refractivity contribution is 6.24. The number of morpholine rings is 1. The molecule has 1 N–H and O–H groups in total. The van der Waals surface area contributed by atoms with Gasteiger partial charge in [0.1, 0.15) is 18.4 Å². The molecule has 3 amide bonds. The molecule has 2 saturated heterocycles. The Morgan fingerprint density at radius 1 is 1.18 bits per heavy atom. The summed E-state index contributed by atoms with van der Waals surface area (Å²) in [5, 5.41) is 2.63. The number of ether oxygens (including phenoxy) is 2. The number of amides is 3. The van der Waals surface area contributed by atoms with E-state index in [0.29, 0.717) is 50.7 Å². The fraction of sp³-hybridized carbons (Fsp3) is 0.450. The summed E-state index contributed by atoms with van der Waals surface area (Å²) < 4.78 is 11.2. The van der Waals surface area contributed by atoms with Gasteiger partial charge in [0.05, 0.1) is 24.3 Å². The van der Waals surface area contributed by atoms with E-state index in [1.807, 2.05) is 0 Å². The van der Waals surface area contributed by atoms with Crippen LogP contribution in [0.2, 0.25) is 0 Å². The average Bonchev–Trinajstić information content (AvgIpc) is 2.94. The molecule has 4 rings (SSSR count). The minimum absolute atomic E-state index is 0.242. The monoisotopic (exact) mass is 385 g/mol. The summed E-state index contributed by atoms with van der Waals surface area (Å²) in [5.41, 5.74) is 1.13. The molecule has 0 radical (unpaired) electrons. The number of rotatable bonds is 5. The largest absolute Gasteiger partial charge is 0.491 e. The molecule has 1 atom stereocenters. The van der Waals surface area contributed by atoms with E-state index in [1.165, 1.54) is 0 Å². The Kier molecular flexibility index (Phi) is 5.15. The van der Waals surface area contributed by atoms with Gasteiger partial charge in [-0.05, 0) is 25.0 Å². The molecule has 0 saturated carbocycles. The second-order valence-electron chi connectivity index (χ2n) is 7.11. The van der Waals surface area contributed by atoms with Gasteiger partial charge in [-0.25, -0.2) is 0 Å². The highest BCUT2D eigenvalue weighted by Gasteiger charge is 2.45. The normalized spacial score (nSPS) is 23.0. The van der Waals surface area contributed by atoms with Crippen LogP contribution in [-0.4, -0.2) is 73.0 Å². The number of carbonyl (C=O) groups excluding carboxylic acids is 3. The van der Waals surface area contributed by atoms with E-state index in [-0.39, 0.29) is 17.0 Å². The van der Waals surface area contributed by atoms with Crippen molar-refractivity contribution < 1.29 is 23.9 Å². The quantitative estimate of drug-likeness (QED) is 0.754. The third kappa shape index (κ3) is 3.41.